The van der Waals surface area contributed by atoms with Crippen LogP contribution in [0.15, 0.2) is 18.3 Å². The van der Waals surface area contributed by atoms with Crippen LogP contribution in [-0.2, 0) is 0 Å². The first kappa shape index (κ1) is 16.0. The van der Waals surface area contributed by atoms with Crippen LogP contribution in [0.3, 0.4) is 0 Å². The second-order valence-corrected chi connectivity index (χ2v) is 4.97. The summed E-state index contributed by atoms with van der Waals surface area (Å²) in [6, 6.07) is 4.41. The Morgan fingerprint density at radius 1 is 1.16 bits per heavy atom. The van der Waals surface area contributed by atoms with Gasteiger partial charge in [-0.05, 0) is 25.5 Å². The molecule has 3 nitrogen and oxygen atoms in total. The zero-order valence-electron chi connectivity index (χ0n) is 12.6. The van der Waals surface area contributed by atoms with Crippen LogP contribution in [-0.4, -0.2) is 18.1 Å². The fraction of sp³-hybridized carbons (Fsp3) is 0.688. The highest BCUT2D eigenvalue weighted by molar-refractivity contribution is 5.20. The molecular weight excluding hydrogens is 236 g/mol. The maximum absolute atomic E-state index is 5.65. The molecule has 19 heavy (non-hydrogen) atoms. The Morgan fingerprint density at radius 3 is 2.58 bits per heavy atom. The molecule has 0 bridgehead atoms. The number of pyridine rings is 1. The number of nitrogens with zero attached hydrogens (tertiary/aromatic N) is 1. The van der Waals surface area contributed by atoms with Gasteiger partial charge in [-0.1, -0.05) is 45.6 Å². The normalized spacial score (nSPS) is 12.4. The van der Waals surface area contributed by atoms with E-state index in [1.807, 2.05) is 12.3 Å². The standard InChI is InChI=1S/C16H28N2O/c1-4-6-7-8-9-12-19-16-11-10-15(13-18-16)14(3)17-5-2/h10-11,13-14,17H,4-9,12H2,1-3H3. The topological polar surface area (TPSA) is 34.1 Å². The number of unbranched alkanes of at least 4 members (excludes halogenated alkanes) is 4. The van der Waals surface area contributed by atoms with Crippen molar-refractivity contribution in [1.82, 2.24) is 10.3 Å². The van der Waals surface area contributed by atoms with Gasteiger partial charge in [0, 0.05) is 18.3 Å². The van der Waals surface area contributed by atoms with Crippen molar-refractivity contribution >= 4 is 0 Å². The highest BCUT2D eigenvalue weighted by Crippen LogP contribution is 2.14. The average Bonchev–Trinajstić information content (AvgIpc) is 2.43. The van der Waals surface area contributed by atoms with E-state index in [9.17, 15) is 0 Å². The summed E-state index contributed by atoms with van der Waals surface area (Å²) >= 11 is 0. The van der Waals surface area contributed by atoms with E-state index in [1.54, 1.807) is 0 Å². The maximum Gasteiger partial charge on any atom is 0.213 e. The van der Waals surface area contributed by atoms with Gasteiger partial charge in [0.25, 0.3) is 0 Å². The Bertz CT molecular complexity index is 324. The first-order chi connectivity index (χ1) is 9.27. The van der Waals surface area contributed by atoms with Gasteiger partial charge in [-0.15, -0.1) is 0 Å². The van der Waals surface area contributed by atoms with Crippen molar-refractivity contribution in [3.8, 4) is 5.88 Å². The maximum atomic E-state index is 5.65. The second kappa shape index (κ2) is 9.79. The van der Waals surface area contributed by atoms with Gasteiger partial charge < -0.3 is 10.1 Å². The number of hydrogen-bond donors (Lipinski definition) is 1. The number of nitrogens with one attached hydrogen (secondary N) is 1. The SMILES string of the molecule is CCCCCCCOc1ccc(C(C)NCC)cn1. The van der Waals surface area contributed by atoms with E-state index < -0.39 is 0 Å². The van der Waals surface area contributed by atoms with Crippen molar-refractivity contribution in [1.29, 1.82) is 0 Å². The fourth-order valence-electron chi connectivity index (χ4n) is 2.04. The molecule has 0 aliphatic carbocycles. The largest absolute Gasteiger partial charge is 0.478 e. The first-order valence-corrected chi connectivity index (χ1v) is 7.60. The first-order valence-electron chi connectivity index (χ1n) is 7.60. The molecule has 0 spiro atoms. The lowest BCUT2D eigenvalue weighted by Gasteiger charge is -2.12. The summed E-state index contributed by atoms with van der Waals surface area (Å²) in [6.45, 7) is 8.24. The number of ether oxygens (including phenoxy) is 1. The molecule has 0 aliphatic heterocycles. The molecule has 1 unspecified atom stereocenters. The van der Waals surface area contributed by atoms with Crippen molar-refractivity contribution in [2.45, 2.75) is 58.9 Å². The van der Waals surface area contributed by atoms with Crippen LogP contribution in [0.25, 0.3) is 0 Å². The van der Waals surface area contributed by atoms with Crippen molar-refractivity contribution in [2.24, 2.45) is 0 Å². The summed E-state index contributed by atoms with van der Waals surface area (Å²) in [5.41, 5.74) is 1.21. The molecular formula is C16H28N2O. The van der Waals surface area contributed by atoms with Crippen molar-refractivity contribution < 1.29 is 4.74 Å². The number of aromatic nitrogens is 1. The lowest BCUT2D eigenvalue weighted by Crippen LogP contribution is -2.17. The molecule has 1 aromatic rings. The van der Waals surface area contributed by atoms with Crippen LogP contribution in [0.1, 0.15) is 64.5 Å². The monoisotopic (exact) mass is 264 g/mol. The Labute approximate surface area is 117 Å². The van der Waals surface area contributed by atoms with E-state index in [0.717, 1.165) is 25.5 Å². The molecule has 1 aromatic heterocycles. The molecule has 1 N–H and O–H groups in total. The third-order valence-corrected chi connectivity index (χ3v) is 3.27. The molecule has 1 heterocycles. The van der Waals surface area contributed by atoms with Crippen LogP contribution in [0.2, 0.25) is 0 Å². The number of hydrogen-bond acceptors (Lipinski definition) is 3. The highest BCUT2D eigenvalue weighted by atomic mass is 16.5. The Balaban J connectivity index is 2.24. The zero-order chi connectivity index (χ0) is 13.9. The number of rotatable bonds is 10. The van der Waals surface area contributed by atoms with Crippen LogP contribution < -0.4 is 10.1 Å². The van der Waals surface area contributed by atoms with Crippen LogP contribution in [0, 0.1) is 0 Å². The minimum Gasteiger partial charge on any atom is -0.478 e. The van der Waals surface area contributed by atoms with E-state index in [4.69, 9.17) is 4.74 Å². The van der Waals surface area contributed by atoms with Gasteiger partial charge in [0.15, 0.2) is 0 Å². The molecule has 0 aromatic carbocycles. The Morgan fingerprint density at radius 2 is 1.95 bits per heavy atom. The van der Waals surface area contributed by atoms with Crippen molar-refractivity contribution in [2.75, 3.05) is 13.2 Å². The van der Waals surface area contributed by atoms with Gasteiger partial charge in [-0.2, -0.15) is 0 Å². The molecule has 0 saturated carbocycles. The van der Waals surface area contributed by atoms with Crippen LogP contribution in [0.4, 0.5) is 0 Å². The average molecular weight is 264 g/mol. The fourth-order valence-corrected chi connectivity index (χ4v) is 2.04. The van der Waals surface area contributed by atoms with E-state index in [2.05, 4.69) is 37.1 Å². The third kappa shape index (κ3) is 6.58. The quantitative estimate of drug-likeness (QED) is 0.646. The summed E-state index contributed by atoms with van der Waals surface area (Å²) in [5, 5.41) is 3.37. The van der Waals surface area contributed by atoms with E-state index in [0.29, 0.717) is 6.04 Å². The smallest absolute Gasteiger partial charge is 0.213 e. The zero-order valence-corrected chi connectivity index (χ0v) is 12.6. The van der Waals surface area contributed by atoms with Gasteiger partial charge in [0.05, 0.1) is 6.61 Å². The van der Waals surface area contributed by atoms with Gasteiger partial charge in [-0.3, -0.25) is 0 Å². The minimum absolute atomic E-state index is 0.348. The van der Waals surface area contributed by atoms with E-state index >= 15 is 0 Å². The molecule has 3 heteroatoms. The third-order valence-electron chi connectivity index (χ3n) is 3.27. The molecule has 0 amide bonds. The van der Waals surface area contributed by atoms with Crippen molar-refractivity contribution in [3.05, 3.63) is 23.9 Å². The van der Waals surface area contributed by atoms with Crippen LogP contribution >= 0.6 is 0 Å². The molecule has 1 rings (SSSR count). The lowest BCUT2D eigenvalue weighted by molar-refractivity contribution is 0.293. The molecule has 1 atom stereocenters. The predicted molar refractivity (Wildman–Crippen MR) is 80.6 cm³/mol. The minimum atomic E-state index is 0.348. The van der Waals surface area contributed by atoms with E-state index in [-0.39, 0.29) is 0 Å². The summed E-state index contributed by atoms with van der Waals surface area (Å²) in [6.07, 6.45) is 8.20. The Kier molecular flexibility index (Phi) is 8.23. The molecule has 0 fully saturated rings. The van der Waals surface area contributed by atoms with Gasteiger partial charge in [0.2, 0.25) is 5.88 Å². The summed E-state index contributed by atoms with van der Waals surface area (Å²) < 4.78 is 5.65. The lowest BCUT2D eigenvalue weighted by atomic mass is 10.1. The highest BCUT2D eigenvalue weighted by Gasteiger charge is 2.04. The Hall–Kier alpha value is -1.09. The predicted octanol–water partition coefficient (Wildman–Crippen LogP) is 4.10. The van der Waals surface area contributed by atoms with Gasteiger partial charge >= 0.3 is 0 Å². The van der Waals surface area contributed by atoms with Gasteiger partial charge in [0.1, 0.15) is 0 Å². The van der Waals surface area contributed by atoms with E-state index in [1.165, 1.54) is 31.2 Å². The molecule has 0 radical (unpaired) electrons. The second-order valence-electron chi connectivity index (χ2n) is 4.97. The summed E-state index contributed by atoms with van der Waals surface area (Å²) in [7, 11) is 0. The summed E-state index contributed by atoms with van der Waals surface area (Å²) in [4.78, 5) is 4.35. The molecule has 0 aliphatic rings. The van der Waals surface area contributed by atoms with Gasteiger partial charge in [-0.25, -0.2) is 4.98 Å². The molecule has 108 valence electrons. The summed E-state index contributed by atoms with van der Waals surface area (Å²) in [5.74, 6) is 0.739. The van der Waals surface area contributed by atoms with Crippen LogP contribution in [0.5, 0.6) is 5.88 Å². The van der Waals surface area contributed by atoms with Crippen molar-refractivity contribution in [3.63, 3.8) is 0 Å². The molecule has 0 saturated heterocycles.